The third-order valence-corrected chi connectivity index (χ3v) is 4.77. The summed E-state index contributed by atoms with van der Waals surface area (Å²) in [5, 5.41) is 1.14. The molecule has 0 aliphatic rings. The van der Waals surface area contributed by atoms with E-state index in [9.17, 15) is 17.6 Å². The lowest BCUT2D eigenvalue weighted by Gasteiger charge is -2.04. The molecule has 0 N–H and O–H groups in total. The molecule has 0 fully saturated rings. The molecule has 0 aliphatic heterocycles. The van der Waals surface area contributed by atoms with Crippen LogP contribution in [0.5, 0.6) is 5.75 Å². The first kappa shape index (κ1) is 22.0. The van der Waals surface area contributed by atoms with Gasteiger partial charge < -0.3 is 4.74 Å². The van der Waals surface area contributed by atoms with Crippen LogP contribution in [0, 0.1) is 47.0 Å². The monoisotopic (exact) mass is 444 g/mol. The summed E-state index contributed by atoms with van der Waals surface area (Å²) in [4.78, 5) is 0. The Bertz CT molecular complexity index is 1440. The molecule has 0 aromatic heterocycles. The smallest absolute Gasteiger partial charge is 0.159 e. The molecule has 1 nitrogen and oxygen atoms in total. The van der Waals surface area contributed by atoms with Crippen LogP contribution in [0.2, 0.25) is 0 Å². The zero-order chi connectivity index (χ0) is 23.4. The van der Waals surface area contributed by atoms with Crippen LogP contribution >= 0.6 is 0 Å². The Morgan fingerprint density at radius 1 is 0.576 bits per heavy atom. The van der Waals surface area contributed by atoms with Gasteiger partial charge in [0.2, 0.25) is 0 Å². The summed E-state index contributed by atoms with van der Waals surface area (Å²) in [5.74, 6) is 7.98. The molecule has 0 saturated heterocycles. The molecular weight excluding hydrogens is 428 g/mol. The van der Waals surface area contributed by atoms with E-state index in [0.29, 0.717) is 34.1 Å². The number of fused-ring (bicyclic) bond motifs is 1. The van der Waals surface area contributed by atoms with Crippen molar-refractivity contribution in [1.29, 1.82) is 0 Å². The van der Waals surface area contributed by atoms with E-state index in [1.54, 1.807) is 49.4 Å². The van der Waals surface area contributed by atoms with Crippen molar-refractivity contribution in [2.24, 2.45) is 0 Å². The number of rotatable bonds is 2. The van der Waals surface area contributed by atoms with E-state index in [-0.39, 0.29) is 11.3 Å². The van der Waals surface area contributed by atoms with Crippen LogP contribution in [0.1, 0.15) is 29.2 Å². The summed E-state index contributed by atoms with van der Waals surface area (Å²) >= 11 is 0. The molecule has 162 valence electrons. The quantitative estimate of drug-likeness (QED) is 0.250. The first-order chi connectivity index (χ1) is 15.9. The highest BCUT2D eigenvalue weighted by atomic mass is 19.2. The van der Waals surface area contributed by atoms with Gasteiger partial charge in [-0.3, -0.25) is 0 Å². The van der Waals surface area contributed by atoms with Crippen LogP contribution in [0.25, 0.3) is 10.8 Å². The Morgan fingerprint density at radius 2 is 1.09 bits per heavy atom. The number of hydrogen-bond donors (Lipinski definition) is 0. The van der Waals surface area contributed by atoms with Gasteiger partial charge in [0.25, 0.3) is 0 Å². The molecule has 5 heteroatoms. The second-order valence-electron chi connectivity index (χ2n) is 7.10. The summed E-state index contributed by atoms with van der Waals surface area (Å²) in [6.07, 6.45) is 0. The Morgan fingerprint density at radius 3 is 1.70 bits per heavy atom. The van der Waals surface area contributed by atoms with Crippen molar-refractivity contribution in [3.05, 3.63) is 112 Å². The predicted molar refractivity (Wildman–Crippen MR) is 120 cm³/mol. The summed E-state index contributed by atoms with van der Waals surface area (Å²) in [5.41, 5.74) is 1.59. The van der Waals surface area contributed by atoms with Crippen molar-refractivity contribution in [3.63, 3.8) is 0 Å². The molecule has 0 saturated carbocycles. The van der Waals surface area contributed by atoms with Crippen molar-refractivity contribution in [1.82, 2.24) is 0 Å². The molecule has 0 amide bonds. The second-order valence-corrected chi connectivity index (χ2v) is 7.10. The van der Waals surface area contributed by atoms with E-state index in [1.807, 2.05) is 0 Å². The summed E-state index contributed by atoms with van der Waals surface area (Å²) in [7, 11) is 0. The van der Waals surface area contributed by atoms with Gasteiger partial charge in [0.05, 0.1) is 12.2 Å². The van der Waals surface area contributed by atoms with Gasteiger partial charge in [-0.15, -0.1) is 0 Å². The lowest BCUT2D eigenvalue weighted by atomic mass is 10.1. The van der Waals surface area contributed by atoms with E-state index in [4.69, 9.17) is 4.74 Å². The maximum atomic E-state index is 14.1. The van der Waals surface area contributed by atoms with Crippen molar-refractivity contribution in [3.8, 4) is 29.4 Å². The van der Waals surface area contributed by atoms with E-state index in [0.717, 1.165) is 24.3 Å². The molecule has 4 aromatic rings. The minimum absolute atomic E-state index is 0.115. The van der Waals surface area contributed by atoms with Crippen molar-refractivity contribution >= 4 is 10.8 Å². The zero-order valence-corrected chi connectivity index (χ0v) is 17.5. The summed E-state index contributed by atoms with van der Waals surface area (Å²) in [6, 6.07) is 16.4. The second kappa shape index (κ2) is 9.51. The van der Waals surface area contributed by atoms with Gasteiger partial charge in [-0.25, -0.2) is 17.6 Å². The lowest BCUT2D eigenvalue weighted by molar-refractivity contribution is 0.335. The van der Waals surface area contributed by atoms with Crippen molar-refractivity contribution in [2.45, 2.75) is 6.92 Å². The molecule has 33 heavy (non-hydrogen) atoms. The molecule has 0 unspecified atom stereocenters. The van der Waals surface area contributed by atoms with Crippen LogP contribution in [-0.4, -0.2) is 6.61 Å². The Labute approximate surface area is 188 Å². The van der Waals surface area contributed by atoms with Crippen molar-refractivity contribution in [2.75, 3.05) is 6.61 Å². The maximum absolute atomic E-state index is 14.1. The van der Waals surface area contributed by atoms with Crippen LogP contribution in [0.15, 0.2) is 66.7 Å². The highest BCUT2D eigenvalue weighted by Gasteiger charge is 2.10. The highest BCUT2D eigenvalue weighted by molar-refractivity contribution is 5.84. The molecule has 0 heterocycles. The standard InChI is InChI=1S/C28H16F4O/c1-2-33-23-16-25(29)24(26(30)17-23)12-10-19-5-3-18(4-6-19)7-8-20-9-11-21-14-27(31)28(32)15-22(21)13-20/h3-6,9,11,13-17H,2H2,1H3. The van der Waals surface area contributed by atoms with Crippen LogP contribution in [0.4, 0.5) is 17.6 Å². The van der Waals surface area contributed by atoms with E-state index >= 15 is 0 Å². The normalized spacial score (nSPS) is 10.2. The molecule has 0 atom stereocenters. The zero-order valence-electron chi connectivity index (χ0n) is 17.5. The van der Waals surface area contributed by atoms with Gasteiger partial charge in [-0.05, 0) is 66.2 Å². The number of halogens is 4. The van der Waals surface area contributed by atoms with Gasteiger partial charge in [-0.1, -0.05) is 29.7 Å². The lowest BCUT2D eigenvalue weighted by Crippen LogP contribution is -1.96. The van der Waals surface area contributed by atoms with Gasteiger partial charge in [-0.2, -0.15) is 0 Å². The summed E-state index contributed by atoms with van der Waals surface area (Å²) in [6.45, 7) is 2.03. The van der Waals surface area contributed by atoms with Gasteiger partial charge >= 0.3 is 0 Å². The average Bonchev–Trinajstić information content (AvgIpc) is 2.79. The Hall–Kier alpha value is -4.22. The molecular formula is C28H16F4O. The van der Waals surface area contributed by atoms with E-state index < -0.39 is 23.3 Å². The minimum atomic E-state index is -0.908. The average molecular weight is 444 g/mol. The fourth-order valence-corrected chi connectivity index (χ4v) is 3.16. The van der Waals surface area contributed by atoms with E-state index in [1.165, 1.54) is 0 Å². The first-order valence-corrected chi connectivity index (χ1v) is 10.1. The minimum Gasteiger partial charge on any atom is -0.494 e. The van der Waals surface area contributed by atoms with Crippen molar-refractivity contribution < 1.29 is 22.3 Å². The third kappa shape index (κ3) is 5.17. The number of benzene rings is 4. The largest absolute Gasteiger partial charge is 0.494 e. The summed E-state index contributed by atoms with van der Waals surface area (Å²) < 4.78 is 60.2. The molecule has 0 radical (unpaired) electrons. The van der Waals surface area contributed by atoms with Gasteiger partial charge in [0, 0.05) is 28.8 Å². The topological polar surface area (TPSA) is 9.23 Å². The fraction of sp³-hybridized carbons (Fsp3) is 0.0714. The third-order valence-electron chi connectivity index (χ3n) is 4.77. The molecule has 0 bridgehead atoms. The van der Waals surface area contributed by atoms with Gasteiger partial charge in [0.15, 0.2) is 11.6 Å². The molecule has 0 spiro atoms. The predicted octanol–water partition coefficient (Wildman–Crippen LogP) is 6.59. The molecule has 0 aliphatic carbocycles. The first-order valence-electron chi connectivity index (χ1n) is 10.1. The maximum Gasteiger partial charge on any atom is 0.159 e. The number of ether oxygens (including phenoxy) is 1. The molecule has 4 aromatic carbocycles. The molecule has 4 rings (SSSR count). The van der Waals surface area contributed by atoms with Crippen LogP contribution in [-0.2, 0) is 0 Å². The fourth-order valence-electron chi connectivity index (χ4n) is 3.16. The number of hydrogen-bond acceptors (Lipinski definition) is 1. The Balaban J connectivity index is 1.52. The van der Waals surface area contributed by atoms with Gasteiger partial charge in [0.1, 0.15) is 17.4 Å². The SMILES string of the molecule is CCOc1cc(F)c(C#Cc2ccc(C#Cc3ccc4cc(F)c(F)cc4c3)cc2)c(F)c1. The Kier molecular flexibility index (Phi) is 6.33. The van der Waals surface area contributed by atoms with Crippen LogP contribution in [0.3, 0.4) is 0 Å². The van der Waals surface area contributed by atoms with Crippen LogP contribution < -0.4 is 4.74 Å². The van der Waals surface area contributed by atoms with E-state index in [2.05, 4.69) is 23.7 Å². The highest BCUT2D eigenvalue weighted by Crippen LogP contribution is 2.21.